The highest BCUT2D eigenvalue weighted by Crippen LogP contribution is 2.46. The van der Waals surface area contributed by atoms with Crippen molar-refractivity contribution in [1.82, 2.24) is 10.3 Å². The number of thiocarbonyl (C=S) groups is 1. The smallest absolute Gasteiger partial charge is 0.233 e. The predicted octanol–water partition coefficient (Wildman–Crippen LogP) is 1.39. The second-order valence-corrected chi connectivity index (χ2v) is 5.84. The monoisotopic (exact) mass is 269 g/mol. The Balaban J connectivity index is 1.90. The van der Waals surface area contributed by atoms with E-state index in [1.807, 2.05) is 6.20 Å². The molecule has 0 spiro atoms. The summed E-state index contributed by atoms with van der Waals surface area (Å²) in [4.78, 5) is 17.7. The van der Waals surface area contributed by atoms with Gasteiger partial charge in [0.05, 0.1) is 16.9 Å². The van der Waals surface area contributed by atoms with E-state index in [9.17, 15) is 4.79 Å². The van der Waals surface area contributed by atoms with Gasteiger partial charge in [0.1, 0.15) is 5.01 Å². The molecule has 4 nitrogen and oxygen atoms in total. The molecule has 1 fully saturated rings. The highest BCUT2D eigenvalue weighted by atomic mass is 32.1. The molecule has 0 unspecified atom stereocenters. The summed E-state index contributed by atoms with van der Waals surface area (Å²) >= 11 is 6.55. The van der Waals surface area contributed by atoms with Crippen LogP contribution in [0.15, 0.2) is 6.20 Å². The third kappa shape index (κ3) is 2.47. The van der Waals surface area contributed by atoms with Crippen molar-refractivity contribution >= 4 is 34.5 Å². The molecule has 0 aromatic carbocycles. The van der Waals surface area contributed by atoms with Crippen LogP contribution in [-0.4, -0.2) is 15.9 Å². The first-order valence-electron chi connectivity index (χ1n) is 5.60. The standard InChI is InChI=1S/C11H15N3OS2/c1-2-7-5-13-8(17-7)6-14-10(15)11(3-4-11)9(12)16/h5H,2-4,6H2,1H3,(H2,12,16)(H,14,15). The molecule has 1 aliphatic rings. The number of rotatable bonds is 5. The highest BCUT2D eigenvalue weighted by Gasteiger charge is 2.52. The van der Waals surface area contributed by atoms with Crippen molar-refractivity contribution in [1.29, 1.82) is 0 Å². The number of hydrogen-bond donors (Lipinski definition) is 2. The van der Waals surface area contributed by atoms with E-state index in [4.69, 9.17) is 18.0 Å². The molecule has 0 aliphatic heterocycles. The maximum absolute atomic E-state index is 11.9. The number of nitrogens with one attached hydrogen (secondary N) is 1. The van der Waals surface area contributed by atoms with Crippen LogP contribution in [0.4, 0.5) is 0 Å². The number of thiazole rings is 1. The van der Waals surface area contributed by atoms with Gasteiger partial charge in [-0.3, -0.25) is 4.79 Å². The van der Waals surface area contributed by atoms with Crippen molar-refractivity contribution in [3.8, 4) is 0 Å². The summed E-state index contributed by atoms with van der Waals surface area (Å²) < 4.78 is 0. The molecule has 0 radical (unpaired) electrons. The minimum atomic E-state index is -0.569. The summed E-state index contributed by atoms with van der Waals surface area (Å²) in [5.74, 6) is -0.0572. The van der Waals surface area contributed by atoms with E-state index in [0.717, 1.165) is 24.3 Å². The normalized spacial score (nSPS) is 16.5. The first-order valence-corrected chi connectivity index (χ1v) is 6.83. The Hall–Kier alpha value is -1.01. The van der Waals surface area contributed by atoms with E-state index in [0.29, 0.717) is 11.5 Å². The van der Waals surface area contributed by atoms with Crippen LogP contribution in [0.25, 0.3) is 0 Å². The number of carbonyl (C=O) groups is 1. The first kappa shape index (κ1) is 12.4. The Bertz CT molecular complexity index is 451. The minimum Gasteiger partial charge on any atom is -0.392 e. The van der Waals surface area contributed by atoms with Gasteiger partial charge in [-0.15, -0.1) is 11.3 Å². The Kier molecular flexibility index (Phi) is 3.44. The fraction of sp³-hybridized carbons (Fsp3) is 0.545. The lowest BCUT2D eigenvalue weighted by molar-refractivity contribution is -0.124. The van der Waals surface area contributed by atoms with Gasteiger partial charge in [0.25, 0.3) is 0 Å². The Morgan fingerprint density at radius 3 is 2.88 bits per heavy atom. The number of carbonyl (C=O) groups excluding carboxylic acids is 1. The van der Waals surface area contributed by atoms with Crippen LogP contribution in [0.5, 0.6) is 0 Å². The van der Waals surface area contributed by atoms with Gasteiger partial charge in [-0.1, -0.05) is 19.1 Å². The molecule has 1 aromatic rings. The third-order valence-electron chi connectivity index (χ3n) is 3.01. The number of nitrogens with zero attached hydrogens (tertiary/aromatic N) is 1. The molecule has 0 saturated heterocycles. The van der Waals surface area contributed by atoms with E-state index in [1.165, 1.54) is 4.88 Å². The van der Waals surface area contributed by atoms with Crippen LogP contribution in [0.2, 0.25) is 0 Å². The summed E-state index contributed by atoms with van der Waals surface area (Å²) in [6.07, 6.45) is 4.37. The summed E-state index contributed by atoms with van der Waals surface area (Å²) in [5, 5.41) is 3.79. The van der Waals surface area contributed by atoms with Crippen molar-refractivity contribution < 1.29 is 4.79 Å². The number of amides is 1. The van der Waals surface area contributed by atoms with Crippen molar-refractivity contribution in [3.05, 3.63) is 16.1 Å². The molecule has 92 valence electrons. The zero-order valence-corrected chi connectivity index (χ0v) is 11.3. The van der Waals surface area contributed by atoms with Crippen LogP contribution in [-0.2, 0) is 17.8 Å². The third-order valence-corrected chi connectivity index (χ3v) is 4.54. The average Bonchev–Trinajstić information content (AvgIpc) is 3.00. The molecule has 1 heterocycles. The fourth-order valence-corrected chi connectivity index (χ4v) is 2.73. The van der Waals surface area contributed by atoms with E-state index < -0.39 is 5.41 Å². The first-order chi connectivity index (χ1) is 8.08. The fourth-order valence-electron chi connectivity index (χ4n) is 1.63. The van der Waals surface area contributed by atoms with Gasteiger partial charge in [-0.25, -0.2) is 4.98 Å². The van der Waals surface area contributed by atoms with Crippen LogP contribution in [0.3, 0.4) is 0 Å². The summed E-state index contributed by atoms with van der Waals surface area (Å²) in [5.41, 5.74) is 5.02. The zero-order chi connectivity index (χ0) is 12.5. The van der Waals surface area contributed by atoms with E-state index >= 15 is 0 Å². The van der Waals surface area contributed by atoms with Crippen molar-refractivity contribution in [3.63, 3.8) is 0 Å². The Morgan fingerprint density at radius 2 is 2.41 bits per heavy atom. The lowest BCUT2D eigenvalue weighted by atomic mass is 10.1. The molecular weight excluding hydrogens is 254 g/mol. The van der Waals surface area contributed by atoms with Crippen LogP contribution < -0.4 is 11.1 Å². The predicted molar refractivity (Wildman–Crippen MR) is 71.8 cm³/mol. The number of nitrogens with two attached hydrogens (primary N) is 1. The molecule has 17 heavy (non-hydrogen) atoms. The Morgan fingerprint density at radius 1 is 1.71 bits per heavy atom. The second-order valence-electron chi connectivity index (χ2n) is 4.20. The SMILES string of the molecule is CCc1cnc(CNC(=O)C2(C(N)=S)CC2)s1. The second kappa shape index (κ2) is 4.70. The van der Waals surface area contributed by atoms with Gasteiger partial charge in [-0.05, 0) is 19.3 Å². The van der Waals surface area contributed by atoms with Crippen molar-refractivity contribution in [2.75, 3.05) is 0 Å². The number of aromatic nitrogens is 1. The maximum atomic E-state index is 11.9. The Labute approximate surface area is 110 Å². The molecule has 2 rings (SSSR count). The lowest BCUT2D eigenvalue weighted by Gasteiger charge is -2.12. The lowest BCUT2D eigenvalue weighted by Crippen LogP contribution is -2.39. The van der Waals surface area contributed by atoms with Gasteiger partial charge in [0.2, 0.25) is 5.91 Å². The molecular formula is C11H15N3OS2. The van der Waals surface area contributed by atoms with Crippen LogP contribution in [0, 0.1) is 5.41 Å². The summed E-state index contributed by atoms with van der Waals surface area (Å²) in [6.45, 7) is 2.55. The van der Waals surface area contributed by atoms with Gasteiger partial charge < -0.3 is 11.1 Å². The molecule has 0 atom stereocenters. The minimum absolute atomic E-state index is 0.0572. The van der Waals surface area contributed by atoms with E-state index in [2.05, 4.69) is 17.2 Å². The molecule has 1 aromatic heterocycles. The van der Waals surface area contributed by atoms with Gasteiger partial charge in [0.15, 0.2) is 0 Å². The molecule has 0 bridgehead atoms. The molecule has 6 heteroatoms. The van der Waals surface area contributed by atoms with Gasteiger partial charge in [0, 0.05) is 11.1 Å². The van der Waals surface area contributed by atoms with Gasteiger partial charge >= 0.3 is 0 Å². The van der Waals surface area contributed by atoms with Crippen LogP contribution >= 0.6 is 23.6 Å². The van der Waals surface area contributed by atoms with Gasteiger partial charge in [-0.2, -0.15) is 0 Å². The van der Waals surface area contributed by atoms with Crippen molar-refractivity contribution in [2.45, 2.75) is 32.7 Å². The molecule has 3 N–H and O–H groups in total. The largest absolute Gasteiger partial charge is 0.392 e. The van der Waals surface area contributed by atoms with E-state index in [1.54, 1.807) is 11.3 Å². The summed E-state index contributed by atoms with van der Waals surface area (Å²) in [6, 6.07) is 0. The number of aryl methyl sites for hydroxylation is 1. The molecule has 1 aliphatic carbocycles. The average molecular weight is 269 g/mol. The quantitative estimate of drug-likeness (QED) is 0.793. The zero-order valence-electron chi connectivity index (χ0n) is 9.66. The number of hydrogen-bond acceptors (Lipinski definition) is 4. The topological polar surface area (TPSA) is 68.0 Å². The molecule has 1 amide bonds. The van der Waals surface area contributed by atoms with Crippen molar-refractivity contribution in [2.24, 2.45) is 11.1 Å². The van der Waals surface area contributed by atoms with Crippen LogP contribution in [0.1, 0.15) is 29.7 Å². The van der Waals surface area contributed by atoms with E-state index in [-0.39, 0.29) is 5.91 Å². The maximum Gasteiger partial charge on any atom is 0.233 e. The highest BCUT2D eigenvalue weighted by molar-refractivity contribution is 7.80. The summed E-state index contributed by atoms with van der Waals surface area (Å²) in [7, 11) is 0. The molecule has 1 saturated carbocycles.